The Hall–Kier alpha value is -1.70. The first kappa shape index (κ1) is 21.2. The molecule has 0 spiro atoms. The molecule has 1 aliphatic carbocycles. The van der Waals surface area contributed by atoms with Crippen LogP contribution in [0.2, 0.25) is 0 Å². The molecule has 31 heavy (non-hydrogen) atoms. The molecule has 3 fully saturated rings. The summed E-state index contributed by atoms with van der Waals surface area (Å²) in [5.74, 6) is 1.56. The van der Waals surface area contributed by atoms with Crippen molar-refractivity contribution in [2.24, 2.45) is 0 Å². The van der Waals surface area contributed by atoms with Crippen molar-refractivity contribution in [3.8, 4) is 0 Å². The fraction of sp³-hybridized carbons (Fsp3) is 0.750. The lowest BCUT2D eigenvalue weighted by Crippen LogP contribution is -2.53. The summed E-state index contributed by atoms with van der Waals surface area (Å²) in [5, 5.41) is 8.27. The molecule has 3 aliphatic rings. The Labute approximate surface area is 186 Å². The summed E-state index contributed by atoms with van der Waals surface area (Å²) in [6.45, 7) is 11.2. The Kier molecular flexibility index (Phi) is 6.44. The van der Waals surface area contributed by atoms with Gasteiger partial charge >= 0.3 is 0 Å². The molecule has 0 unspecified atom stereocenters. The molecule has 0 amide bonds. The minimum absolute atomic E-state index is 0.504. The molecular weight excluding hydrogens is 388 g/mol. The van der Waals surface area contributed by atoms with Crippen molar-refractivity contribution in [3.63, 3.8) is 0 Å². The largest absolute Gasteiger partial charge is 0.381 e. The van der Waals surface area contributed by atoms with Gasteiger partial charge in [0.2, 0.25) is 0 Å². The van der Waals surface area contributed by atoms with Crippen molar-refractivity contribution >= 4 is 11.3 Å². The Morgan fingerprint density at radius 2 is 1.74 bits per heavy atom. The van der Waals surface area contributed by atoms with Gasteiger partial charge in [0, 0.05) is 63.7 Å². The highest BCUT2D eigenvalue weighted by atomic mass is 16.5. The smallest absolute Gasteiger partial charge is 0.154 e. The van der Waals surface area contributed by atoms with E-state index in [1.165, 1.54) is 62.9 Å². The van der Waals surface area contributed by atoms with E-state index in [9.17, 15) is 0 Å². The van der Waals surface area contributed by atoms with E-state index in [1.54, 1.807) is 6.33 Å². The van der Waals surface area contributed by atoms with Crippen molar-refractivity contribution in [1.29, 1.82) is 0 Å². The molecule has 0 aromatic carbocycles. The minimum atomic E-state index is 0.504. The highest BCUT2D eigenvalue weighted by molar-refractivity contribution is 5.73. The summed E-state index contributed by atoms with van der Waals surface area (Å²) in [5.41, 5.74) is 2.55. The third-order valence-electron chi connectivity index (χ3n) is 7.78. The molecule has 5 rings (SSSR count). The second-order valence-corrected chi connectivity index (χ2v) is 9.88. The van der Waals surface area contributed by atoms with Crippen LogP contribution in [-0.2, 0) is 4.74 Å². The molecule has 0 bridgehead atoms. The number of fused-ring (bicyclic) bond motifs is 1. The number of ether oxygens (including phenoxy) is 1. The Balaban J connectivity index is 1.21. The zero-order valence-corrected chi connectivity index (χ0v) is 19.2. The predicted octanol–water partition coefficient (Wildman–Crippen LogP) is 3.37. The molecule has 0 radical (unpaired) electrons. The van der Waals surface area contributed by atoms with Gasteiger partial charge in [0.25, 0.3) is 0 Å². The van der Waals surface area contributed by atoms with Gasteiger partial charge in [0.05, 0.1) is 0 Å². The van der Waals surface area contributed by atoms with E-state index in [4.69, 9.17) is 4.74 Å². The van der Waals surface area contributed by atoms with Gasteiger partial charge in [-0.1, -0.05) is 0 Å². The monoisotopic (exact) mass is 426 g/mol. The fourth-order valence-electron chi connectivity index (χ4n) is 5.82. The normalized spacial score (nSPS) is 27.2. The molecule has 170 valence electrons. The molecular formula is C24H38N6O. The minimum Gasteiger partial charge on any atom is -0.381 e. The molecule has 7 nitrogen and oxygen atoms in total. The number of rotatable bonds is 5. The Bertz CT molecular complexity index is 845. The van der Waals surface area contributed by atoms with Gasteiger partial charge in [-0.05, 0) is 69.9 Å². The number of anilines is 1. The van der Waals surface area contributed by atoms with Gasteiger partial charge in [0.15, 0.2) is 5.82 Å². The third-order valence-corrected chi connectivity index (χ3v) is 7.78. The topological polar surface area (TPSA) is 57.9 Å². The Morgan fingerprint density at radius 3 is 2.45 bits per heavy atom. The van der Waals surface area contributed by atoms with Crippen LogP contribution in [0.4, 0.5) is 5.82 Å². The highest BCUT2D eigenvalue weighted by Gasteiger charge is 2.29. The van der Waals surface area contributed by atoms with E-state index >= 15 is 0 Å². The van der Waals surface area contributed by atoms with Crippen molar-refractivity contribution in [1.82, 2.24) is 24.4 Å². The standard InChI is InChI=1S/C24H38N6O/c1-18(2)28-11-13-29(14-12-28)21-5-3-20(4-6-21)27-24-23-22(19-8-15-31-16-9-19)7-10-30(23)26-17-25-24/h7,10,17-21H,3-6,8-9,11-16H2,1-2H3,(H,25,26,27). The number of piperazine rings is 1. The lowest BCUT2D eigenvalue weighted by atomic mass is 9.89. The first-order valence-corrected chi connectivity index (χ1v) is 12.3. The van der Waals surface area contributed by atoms with Crippen LogP contribution in [0.15, 0.2) is 18.6 Å². The van der Waals surface area contributed by atoms with Crippen molar-refractivity contribution in [3.05, 3.63) is 24.2 Å². The zero-order chi connectivity index (χ0) is 21.2. The van der Waals surface area contributed by atoms with Gasteiger partial charge in [-0.15, -0.1) is 0 Å². The van der Waals surface area contributed by atoms with E-state index in [0.717, 1.165) is 37.9 Å². The van der Waals surface area contributed by atoms with Crippen LogP contribution in [-0.4, -0.2) is 81.9 Å². The molecule has 4 heterocycles. The molecule has 0 atom stereocenters. The molecule has 2 saturated heterocycles. The quantitative estimate of drug-likeness (QED) is 0.791. The van der Waals surface area contributed by atoms with Gasteiger partial charge in [-0.25, -0.2) is 9.50 Å². The molecule has 2 aromatic rings. The van der Waals surface area contributed by atoms with Crippen LogP contribution in [0.5, 0.6) is 0 Å². The second-order valence-electron chi connectivity index (χ2n) is 9.88. The van der Waals surface area contributed by atoms with Crippen molar-refractivity contribution in [2.45, 2.75) is 76.4 Å². The number of hydrogen-bond donors (Lipinski definition) is 1. The van der Waals surface area contributed by atoms with Gasteiger partial charge in [-0.3, -0.25) is 9.80 Å². The van der Waals surface area contributed by atoms with E-state index < -0.39 is 0 Å². The molecule has 7 heteroatoms. The highest BCUT2D eigenvalue weighted by Crippen LogP contribution is 2.34. The lowest BCUT2D eigenvalue weighted by Gasteiger charge is -2.43. The Morgan fingerprint density at radius 1 is 1.00 bits per heavy atom. The summed E-state index contributed by atoms with van der Waals surface area (Å²) in [6.07, 6.45) is 11.0. The van der Waals surface area contributed by atoms with Crippen LogP contribution in [0.25, 0.3) is 5.52 Å². The van der Waals surface area contributed by atoms with E-state index in [0.29, 0.717) is 18.0 Å². The third kappa shape index (κ3) is 4.59. The number of nitrogens with one attached hydrogen (secondary N) is 1. The summed E-state index contributed by atoms with van der Waals surface area (Å²) in [7, 11) is 0. The maximum Gasteiger partial charge on any atom is 0.154 e. The van der Waals surface area contributed by atoms with Crippen LogP contribution in [0, 0.1) is 0 Å². The summed E-state index contributed by atoms with van der Waals surface area (Å²) < 4.78 is 7.58. The SMILES string of the molecule is CC(C)N1CCN(C2CCC(Nc3ncnn4ccc(C5CCOCC5)c34)CC2)CC1. The van der Waals surface area contributed by atoms with E-state index in [1.807, 2.05) is 4.52 Å². The summed E-state index contributed by atoms with van der Waals surface area (Å²) in [4.78, 5) is 10.0. The average molecular weight is 427 g/mol. The number of nitrogens with zero attached hydrogens (tertiary/aromatic N) is 5. The maximum absolute atomic E-state index is 5.58. The van der Waals surface area contributed by atoms with Crippen molar-refractivity contribution < 1.29 is 4.74 Å². The van der Waals surface area contributed by atoms with Crippen LogP contribution >= 0.6 is 0 Å². The van der Waals surface area contributed by atoms with Crippen LogP contribution in [0.1, 0.15) is 63.9 Å². The second kappa shape index (κ2) is 9.43. The molecule has 1 N–H and O–H groups in total. The van der Waals surface area contributed by atoms with Gasteiger partial charge in [-0.2, -0.15) is 5.10 Å². The lowest BCUT2D eigenvalue weighted by molar-refractivity contribution is 0.0631. The number of hydrogen-bond acceptors (Lipinski definition) is 6. The first-order chi connectivity index (χ1) is 15.2. The van der Waals surface area contributed by atoms with Crippen LogP contribution in [0.3, 0.4) is 0 Å². The average Bonchev–Trinajstić information content (AvgIpc) is 3.26. The summed E-state index contributed by atoms with van der Waals surface area (Å²) >= 11 is 0. The maximum atomic E-state index is 5.58. The molecule has 1 saturated carbocycles. The van der Waals surface area contributed by atoms with Gasteiger partial charge in [0.1, 0.15) is 11.8 Å². The predicted molar refractivity (Wildman–Crippen MR) is 124 cm³/mol. The fourth-order valence-corrected chi connectivity index (χ4v) is 5.82. The van der Waals surface area contributed by atoms with Crippen molar-refractivity contribution in [2.75, 3.05) is 44.7 Å². The van der Waals surface area contributed by atoms with E-state index in [-0.39, 0.29) is 0 Å². The molecule has 2 aliphatic heterocycles. The summed E-state index contributed by atoms with van der Waals surface area (Å²) in [6, 6.07) is 4.17. The number of aromatic nitrogens is 3. The zero-order valence-electron chi connectivity index (χ0n) is 19.2. The first-order valence-electron chi connectivity index (χ1n) is 12.3. The van der Waals surface area contributed by atoms with Crippen LogP contribution < -0.4 is 5.32 Å². The molecule has 2 aromatic heterocycles. The van der Waals surface area contributed by atoms with E-state index in [2.05, 4.69) is 51.3 Å². The van der Waals surface area contributed by atoms with Gasteiger partial charge < -0.3 is 10.1 Å².